The number of aryl methyl sites for hydroxylation is 2. The van der Waals surface area contributed by atoms with Gasteiger partial charge in [-0.15, -0.1) is 0 Å². The molecule has 214 valence electrons. The molecular formula is C24H27N5O9S2. The number of guanidine groups is 1. The number of oxime groups is 2. The summed E-state index contributed by atoms with van der Waals surface area (Å²) >= 11 is 0. The second-order valence-corrected chi connectivity index (χ2v) is 12.5. The van der Waals surface area contributed by atoms with Crippen LogP contribution in [-0.2, 0) is 34.1 Å². The predicted octanol–water partition coefficient (Wildman–Crippen LogP) is 0.466. The molecule has 0 aromatic heterocycles. The van der Waals surface area contributed by atoms with Crippen LogP contribution in [-0.4, -0.2) is 78.9 Å². The zero-order valence-electron chi connectivity index (χ0n) is 22.2. The molecule has 0 aliphatic carbocycles. The lowest BCUT2D eigenvalue weighted by Gasteiger charge is -2.06. The molecule has 2 aliphatic rings. The summed E-state index contributed by atoms with van der Waals surface area (Å²) < 4.78 is 52.9. The average molecular weight is 594 g/mol. The summed E-state index contributed by atoms with van der Waals surface area (Å²) in [6.07, 6.45) is 0. The summed E-state index contributed by atoms with van der Waals surface area (Å²) in [6.45, 7) is 3.37. The van der Waals surface area contributed by atoms with Gasteiger partial charge in [0.05, 0.1) is 22.5 Å². The minimum absolute atomic E-state index is 0.0260. The number of rotatable bonds is 4. The predicted molar refractivity (Wildman–Crippen MR) is 145 cm³/mol. The molecule has 2 heterocycles. The Hall–Kier alpha value is -4.31. The first-order valence-electron chi connectivity index (χ1n) is 11.3. The Morgan fingerprint density at radius 2 is 1.18 bits per heavy atom. The maximum Gasteiger partial charge on any atom is 0.338 e. The number of nitrogens with zero attached hydrogens (tertiary/aromatic N) is 3. The van der Waals surface area contributed by atoms with Crippen LogP contribution in [0.3, 0.4) is 0 Å². The van der Waals surface area contributed by atoms with Crippen LogP contribution in [0.15, 0.2) is 49.4 Å². The van der Waals surface area contributed by atoms with Crippen molar-refractivity contribution >= 4 is 48.9 Å². The van der Waals surface area contributed by atoms with E-state index in [9.17, 15) is 26.4 Å². The summed E-state index contributed by atoms with van der Waals surface area (Å²) in [6, 6.07) is 5.79. The summed E-state index contributed by atoms with van der Waals surface area (Å²) in [4.78, 5) is 36.3. The number of hydrogen-bond acceptors (Lipinski definition) is 11. The average Bonchev–Trinajstić information content (AvgIpc) is 3.25. The first kappa shape index (κ1) is 30.2. The number of sulfone groups is 2. The number of ether oxygens (including phenoxy) is 1. The fourth-order valence-corrected chi connectivity index (χ4v) is 7.19. The van der Waals surface area contributed by atoms with Crippen molar-refractivity contribution in [3.05, 3.63) is 57.6 Å². The van der Waals surface area contributed by atoms with Gasteiger partial charge in [0.25, 0.3) is 5.91 Å². The number of nitrogens with two attached hydrogens (primary N) is 2. The zero-order chi connectivity index (χ0) is 30.0. The third kappa shape index (κ3) is 5.96. The number of hydrogen-bond donors (Lipinski definition) is 2. The summed E-state index contributed by atoms with van der Waals surface area (Å²) in [5.74, 6) is -2.13. The Morgan fingerprint density at radius 1 is 0.750 bits per heavy atom. The molecular weight excluding hydrogens is 566 g/mol. The van der Waals surface area contributed by atoms with E-state index < -0.39 is 31.6 Å². The fraction of sp³-hybridized carbons (Fsp3) is 0.292. The van der Waals surface area contributed by atoms with Gasteiger partial charge < -0.3 is 25.9 Å². The van der Waals surface area contributed by atoms with Crippen molar-refractivity contribution in [3.8, 4) is 0 Å². The number of amides is 1. The van der Waals surface area contributed by atoms with Gasteiger partial charge in [0.15, 0.2) is 25.6 Å². The Labute approximate surface area is 230 Å². The van der Waals surface area contributed by atoms with Crippen molar-refractivity contribution in [2.45, 2.75) is 23.6 Å². The molecule has 4 N–H and O–H groups in total. The fourth-order valence-electron chi connectivity index (χ4n) is 4.12. The van der Waals surface area contributed by atoms with Crippen molar-refractivity contribution < 1.29 is 40.8 Å². The van der Waals surface area contributed by atoms with Crippen molar-refractivity contribution in [1.29, 1.82) is 0 Å². The van der Waals surface area contributed by atoms with Gasteiger partial charge in [-0.1, -0.05) is 10.3 Å². The minimum atomic E-state index is -3.55. The zero-order valence-corrected chi connectivity index (χ0v) is 23.8. The minimum Gasteiger partial charge on any atom is -0.465 e. The number of aliphatic imine (C=N–C) groups is 1. The number of carbonyl (C=O) groups excluding carboxylic acids is 2. The molecule has 0 spiro atoms. The second-order valence-electron chi connectivity index (χ2n) is 8.62. The lowest BCUT2D eigenvalue weighted by atomic mass is 10.0. The standard InChI is InChI=1S/C12H14N4O4S.C12H13NO5S/c1-6-3-8-9(16-20-2)5-21(18,19)10(8)4-7(6)11(17)15-12(13)14;1-7-4-9-10(13-18-3)6-19(15,16)11(9)5-8(7)12(14)17-2/h3-4H,5H2,1-2H3,(H4,13,14,15,17);4-5H,6H2,1-3H3. The number of esters is 1. The molecule has 14 nitrogen and oxygen atoms in total. The van der Waals surface area contributed by atoms with Crippen LogP contribution in [0.4, 0.5) is 0 Å². The van der Waals surface area contributed by atoms with E-state index in [1.807, 2.05) is 0 Å². The molecule has 1 amide bonds. The van der Waals surface area contributed by atoms with Crippen LogP contribution in [0.1, 0.15) is 43.0 Å². The third-order valence-corrected chi connectivity index (χ3v) is 9.19. The Balaban J connectivity index is 0.000000222. The van der Waals surface area contributed by atoms with Gasteiger partial charge in [0, 0.05) is 16.7 Å². The summed E-state index contributed by atoms with van der Waals surface area (Å²) in [5.41, 5.74) is 13.4. The van der Waals surface area contributed by atoms with E-state index in [4.69, 9.17) is 11.5 Å². The first-order valence-corrected chi connectivity index (χ1v) is 14.6. The highest BCUT2D eigenvalue weighted by Crippen LogP contribution is 2.31. The Bertz CT molecular complexity index is 1710. The van der Waals surface area contributed by atoms with Gasteiger partial charge in [0.2, 0.25) is 0 Å². The maximum absolute atomic E-state index is 12.1. The molecule has 2 aromatic carbocycles. The van der Waals surface area contributed by atoms with E-state index in [0.29, 0.717) is 33.7 Å². The van der Waals surface area contributed by atoms with E-state index >= 15 is 0 Å². The maximum atomic E-state index is 12.1. The Morgan fingerprint density at radius 3 is 1.57 bits per heavy atom. The van der Waals surface area contributed by atoms with E-state index in [-0.39, 0.29) is 38.4 Å². The normalized spacial score (nSPS) is 17.7. The van der Waals surface area contributed by atoms with E-state index in [2.05, 4.69) is 29.7 Å². The van der Waals surface area contributed by atoms with Gasteiger partial charge in [-0.05, 0) is 49.2 Å². The van der Waals surface area contributed by atoms with E-state index in [0.717, 1.165) is 0 Å². The van der Waals surface area contributed by atoms with E-state index in [1.165, 1.54) is 33.5 Å². The lowest BCUT2D eigenvalue weighted by Crippen LogP contribution is -2.24. The molecule has 0 fully saturated rings. The third-order valence-electron chi connectivity index (χ3n) is 5.87. The molecule has 0 atom stereocenters. The van der Waals surface area contributed by atoms with Crippen LogP contribution in [0.5, 0.6) is 0 Å². The number of fused-ring (bicyclic) bond motifs is 2. The largest absolute Gasteiger partial charge is 0.465 e. The highest BCUT2D eigenvalue weighted by atomic mass is 32.2. The molecule has 0 radical (unpaired) electrons. The van der Waals surface area contributed by atoms with Gasteiger partial charge >= 0.3 is 5.97 Å². The van der Waals surface area contributed by atoms with Gasteiger partial charge in [-0.25, -0.2) is 21.6 Å². The number of carbonyl (C=O) groups is 2. The highest BCUT2D eigenvalue weighted by molar-refractivity contribution is 7.93. The molecule has 0 bridgehead atoms. The summed E-state index contributed by atoms with van der Waals surface area (Å²) in [7, 11) is -3.09. The van der Waals surface area contributed by atoms with Gasteiger partial charge in [-0.2, -0.15) is 4.99 Å². The smallest absolute Gasteiger partial charge is 0.338 e. The second kappa shape index (κ2) is 11.4. The monoisotopic (exact) mass is 593 g/mol. The molecule has 16 heteroatoms. The molecule has 0 saturated carbocycles. The van der Waals surface area contributed by atoms with Crippen LogP contribution >= 0.6 is 0 Å². The van der Waals surface area contributed by atoms with Crippen molar-refractivity contribution in [2.75, 3.05) is 32.8 Å². The molecule has 40 heavy (non-hydrogen) atoms. The quantitative estimate of drug-likeness (QED) is 0.215. The van der Waals surface area contributed by atoms with Crippen molar-refractivity contribution in [3.63, 3.8) is 0 Å². The number of benzene rings is 2. The lowest BCUT2D eigenvalue weighted by molar-refractivity contribution is 0.0599. The summed E-state index contributed by atoms with van der Waals surface area (Å²) in [5, 5.41) is 7.43. The molecule has 0 unspecified atom stereocenters. The van der Waals surface area contributed by atoms with E-state index in [1.54, 1.807) is 26.0 Å². The number of methoxy groups -OCH3 is 1. The molecule has 0 saturated heterocycles. The van der Waals surface area contributed by atoms with Crippen LogP contribution in [0, 0.1) is 13.8 Å². The molecule has 4 rings (SSSR count). The topological polar surface area (TPSA) is 219 Å². The van der Waals surface area contributed by atoms with Crippen molar-refractivity contribution in [2.24, 2.45) is 26.8 Å². The van der Waals surface area contributed by atoms with Gasteiger partial charge in [0.1, 0.15) is 37.1 Å². The molecule has 2 aliphatic heterocycles. The van der Waals surface area contributed by atoms with Crippen molar-refractivity contribution in [1.82, 2.24) is 0 Å². The van der Waals surface area contributed by atoms with Gasteiger partial charge in [-0.3, -0.25) is 4.79 Å². The Kier molecular flexibility index (Phi) is 8.64. The van der Waals surface area contributed by atoms with Crippen LogP contribution < -0.4 is 11.5 Å². The highest BCUT2D eigenvalue weighted by Gasteiger charge is 2.35. The van der Waals surface area contributed by atoms with Crippen LogP contribution in [0.2, 0.25) is 0 Å². The first-order chi connectivity index (χ1) is 18.7. The molecule has 2 aromatic rings. The van der Waals surface area contributed by atoms with Crippen LogP contribution in [0.25, 0.3) is 0 Å². The SMILES string of the molecule is CON=C1CS(=O)(=O)c2cc(C(=O)N=C(N)N)c(C)cc21.CON=C1CS(=O)(=O)c2cc(C(=O)OC)c(C)cc21.